The molecular formula is C26H21FN2O3. The van der Waals surface area contributed by atoms with Crippen molar-refractivity contribution < 1.29 is 18.7 Å². The summed E-state index contributed by atoms with van der Waals surface area (Å²) in [6, 6.07) is 21.9. The smallest absolute Gasteiger partial charge is 0.308 e. The summed E-state index contributed by atoms with van der Waals surface area (Å²) in [4.78, 5) is 23.7. The van der Waals surface area contributed by atoms with E-state index in [1.165, 1.54) is 37.3 Å². The number of amides is 1. The maximum Gasteiger partial charge on any atom is 0.308 e. The number of halogens is 1. The van der Waals surface area contributed by atoms with Gasteiger partial charge in [0.25, 0.3) is 0 Å². The molecule has 0 spiro atoms. The van der Waals surface area contributed by atoms with Gasteiger partial charge in [-0.15, -0.1) is 0 Å². The molecular weight excluding hydrogens is 407 g/mol. The van der Waals surface area contributed by atoms with Crippen LogP contribution in [0.2, 0.25) is 0 Å². The Hall–Kier alpha value is -4.19. The van der Waals surface area contributed by atoms with Gasteiger partial charge in [0.15, 0.2) is 11.6 Å². The summed E-state index contributed by atoms with van der Waals surface area (Å²) in [6.45, 7) is 1.88. The number of fused-ring (bicyclic) bond motifs is 1. The first-order valence-corrected chi connectivity index (χ1v) is 10.1. The van der Waals surface area contributed by atoms with Gasteiger partial charge in [-0.1, -0.05) is 48.5 Å². The van der Waals surface area contributed by atoms with E-state index in [1.807, 2.05) is 48.7 Å². The van der Waals surface area contributed by atoms with Gasteiger partial charge in [0.1, 0.15) is 0 Å². The molecule has 1 N–H and O–H groups in total. The number of hydrogen-bond acceptors (Lipinski definition) is 3. The molecule has 0 radical (unpaired) electrons. The topological polar surface area (TPSA) is 60.3 Å². The minimum atomic E-state index is -0.646. The van der Waals surface area contributed by atoms with Crippen molar-refractivity contribution >= 4 is 34.5 Å². The number of anilines is 1. The van der Waals surface area contributed by atoms with E-state index < -0.39 is 11.8 Å². The quantitative estimate of drug-likeness (QED) is 0.254. The maximum absolute atomic E-state index is 13.7. The predicted octanol–water partition coefficient (Wildman–Crippen LogP) is 5.41. The fourth-order valence-electron chi connectivity index (χ4n) is 3.48. The number of aromatic nitrogens is 1. The van der Waals surface area contributed by atoms with Crippen LogP contribution in [0.1, 0.15) is 18.1 Å². The second kappa shape index (κ2) is 9.31. The molecule has 1 heterocycles. The van der Waals surface area contributed by atoms with Crippen LogP contribution in [0.4, 0.5) is 10.1 Å². The van der Waals surface area contributed by atoms with Gasteiger partial charge in [0.05, 0.1) is 11.2 Å². The molecule has 0 fully saturated rings. The Kier molecular flexibility index (Phi) is 6.12. The molecule has 0 aliphatic rings. The molecule has 4 aromatic rings. The second-order valence-corrected chi connectivity index (χ2v) is 7.28. The number of ether oxygens (including phenoxy) is 1. The van der Waals surface area contributed by atoms with Gasteiger partial charge < -0.3 is 14.6 Å². The number of para-hydroxylation sites is 1. The highest BCUT2D eigenvalue weighted by atomic mass is 19.1. The standard InChI is InChI=1S/C26H21FN2O3/c1-18(30)32-24-16-19(10-12-22(24)27)11-13-25(31)28-23-9-5-8-21-14-15-29(26(21)23)17-20-6-3-2-4-7-20/h2-16H,17H2,1H3,(H,28,31). The van der Waals surface area contributed by atoms with Crippen LogP contribution < -0.4 is 10.1 Å². The highest BCUT2D eigenvalue weighted by Crippen LogP contribution is 2.26. The van der Waals surface area contributed by atoms with Crippen LogP contribution in [-0.4, -0.2) is 16.4 Å². The summed E-state index contributed by atoms with van der Waals surface area (Å²) in [7, 11) is 0. The zero-order valence-corrected chi connectivity index (χ0v) is 17.4. The van der Waals surface area contributed by atoms with Gasteiger partial charge in [-0.3, -0.25) is 9.59 Å². The zero-order valence-electron chi connectivity index (χ0n) is 17.4. The zero-order chi connectivity index (χ0) is 22.5. The van der Waals surface area contributed by atoms with Crippen LogP contribution in [0.15, 0.2) is 85.1 Å². The average Bonchev–Trinajstić information content (AvgIpc) is 3.18. The molecule has 0 atom stereocenters. The van der Waals surface area contributed by atoms with E-state index in [0.717, 1.165) is 16.5 Å². The van der Waals surface area contributed by atoms with E-state index in [-0.39, 0.29) is 11.7 Å². The minimum absolute atomic E-state index is 0.177. The molecule has 0 aliphatic heterocycles. The summed E-state index contributed by atoms with van der Waals surface area (Å²) < 4.78 is 20.7. The van der Waals surface area contributed by atoms with Crippen LogP contribution in [0.5, 0.6) is 5.75 Å². The van der Waals surface area contributed by atoms with Crippen molar-refractivity contribution in [3.05, 3.63) is 102 Å². The van der Waals surface area contributed by atoms with E-state index in [0.29, 0.717) is 17.8 Å². The molecule has 6 heteroatoms. The first-order valence-electron chi connectivity index (χ1n) is 10.1. The van der Waals surface area contributed by atoms with Crippen molar-refractivity contribution in [3.8, 4) is 5.75 Å². The number of carbonyl (C=O) groups excluding carboxylic acids is 2. The number of nitrogens with zero attached hydrogens (tertiary/aromatic N) is 1. The van der Waals surface area contributed by atoms with Crippen molar-refractivity contribution in [2.45, 2.75) is 13.5 Å². The molecule has 5 nitrogen and oxygen atoms in total. The Balaban J connectivity index is 1.54. The summed E-state index contributed by atoms with van der Waals surface area (Å²) in [5.74, 6) is -1.77. The van der Waals surface area contributed by atoms with Gasteiger partial charge >= 0.3 is 5.97 Å². The summed E-state index contributed by atoms with van der Waals surface area (Å²) in [5.41, 5.74) is 3.31. The molecule has 32 heavy (non-hydrogen) atoms. The van der Waals surface area contributed by atoms with Gasteiger partial charge in [-0.2, -0.15) is 0 Å². The van der Waals surface area contributed by atoms with E-state index in [2.05, 4.69) is 22.0 Å². The number of carbonyl (C=O) groups is 2. The third-order valence-electron chi connectivity index (χ3n) is 4.88. The Morgan fingerprint density at radius 2 is 1.84 bits per heavy atom. The van der Waals surface area contributed by atoms with E-state index >= 15 is 0 Å². The lowest BCUT2D eigenvalue weighted by Crippen LogP contribution is -2.09. The highest BCUT2D eigenvalue weighted by Gasteiger charge is 2.10. The maximum atomic E-state index is 13.7. The third-order valence-corrected chi connectivity index (χ3v) is 4.88. The molecule has 0 saturated carbocycles. The van der Waals surface area contributed by atoms with Crippen molar-refractivity contribution in [3.63, 3.8) is 0 Å². The molecule has 1 amide bonds. The molecule has 1 aromatic heterocycles. The van der Waals surface area contributed by atoms with Crippen LogP contribution >= 0.6 is 0 Å². The molecule has 0 saturated heterocycles. The number of esters is 1. The Bertz CT molecular complexity index is 1310. The van der Waals surface area contributed by atoms with E-state index in [9.17, 15) is 14.0 Å². The molecule has 160 valence electrons. The lowest BCUT2D eigenvalue weighted by molar-refractivity contribution is -0.132. The van der Waals surface area contributed by atoms with Crippen molar-refractivity contribution in [1.82, 2.24) is 4.57 Å². The fourth-order valence-corrected chi connectivity index (χ4v) is 3.48. The first kappa shape index (κ1) is 21.1. The molecule has 4 rings (SSSR count). The van der Waals surface area contributed by atoms with E-state index in [1.54, 1.807) is 0 Å². The number of benzene rings is 3. The van der Waals surface area contributed by atoms with Crippen LogP contribution in [-0.2, 0) is 16.1 Å². The third kappa shape index (κ3) is 4.92. The largest absolute Gasteiger partial charge is 0.424 e. The number of rotatable bonds is 6. The normalized spacial score (nSPS) is 11.1. The second-order valence-electron chi connectivity index (χ2n) is 7.28. The van der Waals surface area contributed by atoms with Crippen LogP contribution in [0, 0.1) is 5.82 Å². The highest BCUT2D eigenvalue weighted by molar-refractivity contribution is 6.06. The minimum Gasteiger partial charge on any atom is -0.424 e. The van der Waals surface area contributed by atoms with Crippen LogP contribution in [0.25, 0.3) is 17.0 Å². The first-order chi connectivity index (χ1) is 15.5. The summed E-state index contributed by atoms with van der Waals surface area (Å²) in [6.07, 6.45) is 4.89. The molecule has 3 aromatic carbocycles. The molecule has 0 bridgehead atoms. The molecule has 0 aliphatic carbocycles. The Labute approximate surface area is 184 Å². The van der Waals surface area contributed by atoms with Gasteiger partial charge in [0.2, 0.25) is 5.91 Å². The number of nitrogens with one attached hydrogen (secondary N) is 1. The Morgan fingerprint density at radius 3 is 2.62 bits per heavy atom. The lowest BCUT2D eigenvalue weighted by atomic mass is 10.2. The van der Waals surface area contributed by atoms with Crippen molar-refractivity contribution in [2.24, 2.45) is 0 Å². The van der Waals surface area contributed by atoms with Crippen molar-refractivity contribution in [2.75, 3.05) is 5.32 Å². The SMILES string of the molecule is CC(=O)Oc1cc(C=CC(=O)Nc2cccc3ccn(Cc4ccccc4)c23)ccc1F. The van der Waals surface area contributed by atoms with Gasteiger partial charge in [-0.25, -0.2) is 4.39 Å². The van der Waals surface area contributed by atoms with Gasteiger partial charge in [-0.05, 0) is 41.5 Å². The lowest BCUT2D eigenvalue weighted by Gasteiger charge is -2.10. The van der Waals surface area contributed by atoms with Crippen molar-refractivity contribution in [1.29, 1.82) is 0 Å². The predicted molar refractivity (Wildman–Crippen MR) is 123 cm³/mol. The molecule has 0 unspecified atom stereocenters. The summed E-state index contributed by atoms with van der Waals surface area (Å²) >= 11 is 0. The fraction of sp³-hybridized carbons (Fsp3) is 0.0769. The van der Waals surface area contributed by atoms with E-state index in [4.69, 9.17) is 4.74 Å². The average molecular weight is 428 g/mol. The Morgan fingerprint density at radius 1 is 1.03 bits per heavy atom. The van der Waals surface area contributed by atoms with Crippen LogP contribution in [0.3, 0.4) is 0 Å². The van der Waals surface area contributed by atoms with Gasteiger partial charge in [0, 0.05) is 31.1 Å². The monoisotopic (exact) mass is 428 g/mol. The number of hydrogen-bond donors (Lipinski definition) is 1. The summed E-state index contributed by atoms with van der Waals surface area (Å²) in [5, 5.41) is 3.94.